The van der Waals surface area contributed by atoms with E-state index < -0.39 is 17.6 Å². The number of hydrogen-bond acceptors (Lipinski definition) is 6. The molecule has 1 fully saturated rings. The maximum absolute atomic E-state index is 14.3. The molecule has 0 saturated heterocycles. The van der Waals surface area contributed by atoms with E-state index >= 15 is 0 Å². The number of carbonyl (C=O) groups excluding carboxylic acids is 2. The Kier molecular flexibility index (Phi) is 6.85. The summed E-state index contributed by atoms with van der Waals surface area (Å²) in [6.07, 6.45) is 7.72. The summed E-state index contributed by atoms with van der Waals surface area (Å²) in [5.41, 5.74) is 3.32. The van der Waals surface area contributed by atoms with Crippen LogP contribution >= 0.6 is 0 Å². The minimum Gasteiger partial charge on any atom is -0.507 e. The molecule has 0 spiro atoms. The minimum atomic E-state index is -0.644. The van der Waals surface area contributed by atoms with E-state index in [1.807, 2.05) is 34.6 Å². The summed E-state index contributed by atoms with van der Waals surface area (Å²) in [6.45, 7) is 16.5. The standard InChI is InChI=1S/C33H42O6/c1-17(2)9-10-21-30-26(27(35)22-13-19(16-34)14-24(29(22)38-30)32(5,6)37-8)28(36)25-23-15-33(7,39-31(21)25)12-11-20(23)18(3)4/h9,13,16,19-20,23-24,29,36H,3,10-12,14-15H2,1-2,4-8H3/t19?,20-,23?,24?,29?,33-/m0/s1. The molecule has 2 aliphatic carbocycles. The lowest BCUT2D eigenvalue weighted by atomic mass is 9.64. The number of hydrogen-bond donors (Lipinski definition) is 1. The molecule has 1 aromatic rings. The molecule has 210 valence electrons. The first-order valence-electron chi connectivity index (χ1n) is 14.1. The molecule has 2 bridgehead atoms. The second-order valence-electron chi connectivity index (χ2n) is 13.1. The fourth-order valence-corrected chi connectivity index (χ4v) is 7.21. The smallest absolute Gasteiger partial charge is 0.199 e. The first-order valence-corrected chi connectivity index (χ1v) is 14.1. The molecule has 0 amide bonds. The van der Waals surface area contributed by atoms with Crippen molar-refractivity contribution in [3.05, 3.63) is 52.1 Å². The predicted octanol–water partition coefficient (Wildman–Crippen LogP) is 6.64. The molecule has 2 heterocycles. The number of ether oxygens (including phenoxy) is 3. The van der Waals surface area contributed by atoms with Gasteiger partial charge < -0.3 is 24.1 Å². The Hall–Kier alpha value is -2.86. The zero-order valence-electron chi connectivity index (χ0n) is 24.3. The van der Waals surface area contributed by atoms with Gasteiger partial charge >= 0.3 is 0 Å². The Morgan fingerprint density at radius 2 is 2.00 bits per heavy atom. The van der Waals surface area contributed by atoms with Gasteiger partial charge in [-0.2, -0.15) is 0 Å². The van der Waals surface area contributed by atoms with Crippen LogP contribution in [0.2, 0.25) is 0 Å². The number of fused-ring (bicyclic) bond motifs is 6. The van der Waals surface area contributed by atoms with Gasteiger partial charge in [0.1, 0.15) is 40.8 Å². The maximum atomic E-state index is 14.3. The number of carbonyl (C=O) groups is 2. The largest absolute Gasteiger partial charge is 0.507 e. The molecule has 1 saturated carbocycles. The second kappa shape index (κ2) is 9.65. The Balaban J connectivity index is 1.78. The van der Waals surface area contributed by atoms with Gasteiger partial charge in [-0.25, -0.2) is 0 Å². The number of aromatic hydroxyl groups is 1. The molecule has 1 N–H and O–H groups in total. The van der Waals surface area contributed by atoms with Crippen molar-refractivity contribution in [1.29, 1.82) is 0 Å². The summed E-state index contributed by atoms with van der Waals surface area (Å²) in [7, 11) is 1.64. The van der Waals surface area contributed by atoms with E-state index in [-0.39, 0.29) is 40.5 Å². The van der Waals surface area contributed by atoms with Crippen LogP contribution in [0.15, 0.2) is 35.5 Å². The number of allylic oxidation sites excluding steroid dienone is 4. The lowest BCUT2D eigenvalue weighted by Crippen LogP contribution is -2.50. The summed E-state index contributed by atoms with van der Waals surface area (Å²) in [4.78, 5) is 26.2. The number of aldehydes is 1. The van der Waals surface area contributed by atoms with Crippen molar-refractivity contribution < 1.29 is 28.9 Å². The highest BCUT2D eigenvalue weighted by molar-refractivity contribution is 6.15. The van der Waals surface area contributed by atoms with Crippen LogP contribution in [0.5, 0.6) is 17.2 Å². The van der Waals surface area contributed by atoms with Crippen molar-refractivity contribution in [2.45, 2.75) is 96.9 Å². The number of phenols is 1. The van der Waals surface area contributed by atoms with Crippen molar-refractivity contribution in [2.24, 2.45) is 17.8 Å². The second-order valence-corrected chi connectivity index (χ2v) is 13.1. The summed E-state index contributed by atoms with van der Waals surface area (Å²) in [5, 5.41) is 11.9. The van der Waals surface area contributed by atoms with Gasteiger partial charge in [-0.15, -0.1) is 0 Å². The molecule has 0 radical (unpaired) electrons. The van der Waals surface area contributed by atoms with Crippen molar-refractivity contribution in [3.8, 4) is 17.2 Å². The molecule has 39 heavy (non-hydrogen) atoms. The van der Waals surface area contributed by atoms with Crippen LogP contribution < -0.4 is 9.47 Å². The van der Waals surface area contributed by atoms with Crippen molar-refractivity contribution >= 4 is 12.1 Å². The van der Waals surface area contributed by atoms with Crippen molar-refractivity contribution in [3.63, 3.8) is 0 Å². The number of phenolic OH excluding ortho intramolecular Hbond substituents is 1. The number of benzene rings is 1. The van der Waals surface area contributed by atoms with Crippen LogP contribution in [0.3, 0.4) is 0 Å². The summed E-state index contributed by atoms with van der Waals surface area (Å²) < 4.78 is 19.4. The molecule has 1 aromatic carbocycles. The lowest BCUT2D eigenvalue weighted by molar-refractivity contribution is -0.113. The monoisotopic (exact) mass is 534 g/mol. The lowest BCUT2D eigenvalue weighted by Gasteiger charge is -2.50. The van der Waals surface area contributed by atoms with Crippen molar-refractivity contribution in [2.75, 3.05) is 7.11 Å². The Morgan fingerprint density at radius 3 is 2.62 bits per heavy atom. The third kappa shape index (κ3) is 4.45. The quantitative estimate of drug-likeness (QED) is 0.325. The summed E-state index contributed by atoms with van der Waals surface area (Å²) >= 11 is 0. The SMILES string of the molecule is C=C(C)[C@@H]1CC[C@@]2(C)CC1c1c(O)c3c(c(CC=C(C)C)c1O2)OC1C(=CC(C=O)CC1C(C)(C)OC)C3=O. The van der Waals surface area contributed by atoms with Crippen LogP contribution in [0.1, 0.15) is 94.6 Å². The van der Waals surface area contributed by atoms with Gasteiger partial charge in [-0.1, -0.05) is 29.9 Å². The van der Waals surface area contributed by atoms with Crippen LogP contribution in [-0.2, 0) is 16.0 Å². The fraction of sp³-hybridized carbons (Fsp3) is 0.576. The highest BCUT2D eigenvalue weighted by Crippen LogP contribution is 2.60. The molecular weight excluding hydrogens is 492 g/mol. The van der Waals surface area contributed by atoms with Crippen LogP contribution in [0, 0.1) is 17.8 Å². The molecule has 2 aliphatic heterocycles. The Morgan fingerprint density at radius 1 is 1.28 bits per heavy atom. The zero-order chi connectivity index (χ0) is 28.4. The van der Waals surface area contributed by atoms with E-state index in [0.717, 1.165) is 42.3 Å². The minimum absolute atomic E-state index is 0.00508. The van der Waals surface area contributed by atoms with Crippen molar-refractivity contribution in [1.82, 2.24) is 0 Å². The molecule has 6 atom stereocenters. The molecule has 6 nitrogen and oxygen atoms in total. The van der Waals surface area contributed by atoms with Gasteiger partial charge in [0.05, 0.1) is 5.60 Å². The van der Waals surface area contributed by atoms with Gasteiger partial charge in [-0.3, -0.25) is 4.79 Å². The predicted molar refractivity (Wildman–Crippen MR) is 151 cm³/mol. The average Bonchev–Trinajstić information content (AvgIpc) is 2.87. The molecule has 5 rings (SSSR count). The van der Waals surface area contributed by atoms with E-state index in [1.54, 1.807) is 13.2 Å². The normalized spacial score (nSPS) is 31.0. The topological polar surface area (TPSA) is 82.1 Å². The van der Waals surface area contributed by atoms with E-state index in [2.05, 4.69) is 19.6 Å². The molecule has 6 heteroatoms. The summed E-state index contributed by atoms with van der Waals surface area (Å²) in [6, 6.07) is 0. The van der Waals surface area contributed by atoms with Crippen LogP contribution in [-0.4, -0.2) is 41.6 Å². The third-order valence-electron chi connectivity index (χ3n) is 9.62. The van der Waals surface area contributed by atoms with Gasteiger partial charge in [0.25, 0.3) is 0 Å². The number of Topliss-reactive ketones (excluding diaryl/α,β-unsaturated/α-hetero) is 1. The van der Waals surface area contributed by atoms with E-state index in [0.29, 0.717) is 35.5 Å². The number of methoxy groups -OCH3 is 1. The Bertz CT molecular complexity index is 1300. The number of rotatable bonds is 6. The highest BCUT2D eigenvalue weighted by Gasteiger charge is 2.52. The average molecular weight is 535 g/mol. The van der Waals surface area contributed by atoms with E-state index in [1.165, 1.54) is 0 Å². The van der Waals surface area contributed by atoms with Gasteiger partial charge in [0.2, 0.25) is 0 Å². The third-order valence-corrected chi connectivity index (χ3v) is 9.62. The van der Waals surface area contributed by atoms with Crippen LogP contribution in [0.4, 0.5) is 0 Å². The van der Waals surface area contributed by atoms with Gasteiger partial charge in [0.15, 0.2) is 5.78 Å². The maximum Gasteiger partial charge on any atom is 0.199 e. The van der Waals surface area contributed by atoms with E-state index in [4.69, 9.17) is 14.2 Å². The molecule has 4 aliphatic rings. The first kappa shape index (κ1) is 27.7. The van der Waals surface area contributed by atoms with Crippen LogP contribution in [0.25, 0.3) is 0 Å². The van der Waals surface area contributed by atoms with E-state index in [9.17, 15) is 14.7 Å². The van der Waals surface area contributed by atoms with Gasteiger partial charge in [0, 0.05) is 41.6 Å². The molecule has 0 aromatic heterocycles. The summed E-state index contributed by atoms with van der Waals surface area (Å²) in [5.74, 6) is 0.231. The van der Waals surface area contributed by atoms with Gasteiger partial charge in [-0.05, 0) is 79.6 Å². The first-order chi connectivity index (χ1) is 18.3. The Labute approximate surface area is 232 Å². The molecular formula is C33H42O6. The molecule has 4 unspecified atom stereocenters. The number of ketones is 1. The zero-order valence-corrected chi connectivity index (χ0v) is 24.3. The fourth-order valence-electron chi connectivity index (χ4n) is 7.21. The highest BCUT2D eigenvalue weighted by atomic mass is 16.5.